The molecule has 0 unspecified atom stereocenters. The SMILES string of the molecule is Cc1ccc(CN(C)C(=O)NC2CC2)cc1. The maximum absolute atomic E-state index is 11.7. The Morgan fingerprint density at radius 2 is 2.00 bits per heavy atom. The van der Waals surface area contributed by atoms with E-state index in [9.17, 15) is 4.79 Å². The van der Waals surface area contributed by atoms with Crippen molar-refractivity contribution in [2.45, 2.75) is 32.4 Å². The third kappa shape index (κ3) is 2.99. The van der Waals surface area contributed by atoms with Crippen LogP contribution in [-0.2, 0) is 6.54 Å². The summed E-state index contributed by atoms with van der Waals surface area (Å²) in [5, 5.41) is 2.97. The molecular formula is C13H18N2O. The summed E-state index contributed by atoms with van der Waals surface area (Å²) < 4.78 is 0. The van der Waals surface area contributed by atoms with Crippen molar-refractivity contribution in [1.82, 2.24) is 10.2 Å². The van der Waals surface area contributed by atoms with Crippen LogP contribution in [0.15, 0.2) is 24.3 Å². The predicted molar refractivity (Wildman–Crippen MR) is 64.2 cm³/mol. The van der Waals surface area contributed by atoms with E-state index in [0.717, 1.165) is 12.8 Å². The topological polar surface area (TPSA) is 32.3 Å². The van der Waals surface area contributed by atoms with Crippen LogP contribution in [0.2, 0.25) is 0 Å². The van der Waals surface area contributed by atoms with E-state index in [1.165, 1.54) is 11.1 Å². The molecule has 0 spiro atoms. The van der Waals surface area contributed by atoms with Crippen LogP contribution in [0.3, 0.4) is 0 Å². The summed E-state index contributed by atoms with van der Waals surface area (Å²) in [4.78, 5) is 13.4. The Hall–Kier alpha value is -1.51. The van der Waals surface area contributed by atoms with Gasteiger partial charge in [0.1, 0.15) is 0 Å². The maximum atomic E-state index is 11.7. The number of rotatable bonds is 3. The first kappa shape index (κ1) is 11.0. The lowest BCUT2D eigenvalue weighted by atomic mass is 10.1. The lowest BCUT2D eigenvalue weighted by molar-refractivity contribution is 0.206. The molecule has 0 heterocycles. The van der Waals surface area contributed by atoms with Crippen molar-refractivity contribution >= 4 is 6.03 Å². The first-order valence-corrected chi connectivity index (χ1v) is 5.72. The molecule has 16 heavy (non-hydrogen) atoms. The average molecular weight is 218 g/mol. The van der Waals surface area contributed by atoms with Gasteiger partial charge in [0.25, 0.3) is 0 Å². The van der Waals surface area contributed by atoms with Crippen molar-refractivity contribution < 1.29 is 4.79 Å². The van der Waals surface area contributed by atoms with Crippen LogP contribution in [0.1, 0.15) is 24.0 Å². The number of nitrogens with one attached hydrogen (secondary N) is 1. The number of hydrogen-bond donors (Lipinski definition) is 1. The molecule has 0 bridgehead atoms. The molecule has 0 aliphatic heterocycles. The predicted octanol–water partition coefficient (Wildman–Crippen LogP) is 2.30. The molecule has 0 saturated heterocycles. The van der Waals surface area contributed by atoms with Gasteiger partial charge in [0.05, 0.1) is 0 Å². The van der Waals surface area contributed by atoms with Gasteiger partial charge in [0, 0.05) is 19.6 Å². The highest BCUT2D eigenvalue weighted by molar-refractivity contribution is 5.74. The third-order valence-corrected chi connectivity index (χ3v) is 2.79. The van der Waals surface area contributed by atoms with Crippen LogP contribution < -0.4 is 5.32 Å². The van der Waals surface area contributed by atoms with E-state index < -0.39 is 0 Å². The fraction of sp³-hybridized carbons (Fsp3) is 0.462. The van der Waals surface area contributed by atoms with Crippen molar-refractivity contribution in [2.75, 3.05) is 7.05 Å². The molecule has 1 fully saturated rings. The summed E-state index contributed by atoms with van der Waals surface area (Å²) in [5.74, 6) is 0. The fourth-order valence-corrected chi connectivity index (χ4v) is 1.55. The second-order valence-corrected chi connectivity index (χ2v) is 4.57. The Kier molecular flexibility index (Phi) is 3.13. The van der Waals surface area contributed by atoms with Gasteiger partial charge in [-0.2, -0.15) is 0 Å². The van der Waals surface area contributed by atoms with Crippen molar-refractivity contribution in [1.29, 1.82) is 0 Å². The molecule has 0 radical (unpaired) electrons. The zero-order valence-corrected chi connectivity index (χ0v) is 9.86. The van der Waals surface area contributed by atoms with Crippen LogP contribution in [0, 0.1) is 6.92 Å². The molecule has 1 aliphatic rings. The fourth-order valence-electron chi connectivity index (χ4n) is 1.55. The van der Waals surface area contributed by atoms with Gasteiger partial charge in [0.2, 0.25) is 0 Å². The van der Waals surface area contributed by atoms with Gasteiger partial charge in [-0.1, -0.05) is 29.8 Å². The first-order valence-electron chi connectivity index (χ1n) is 5.72. The van der Waals surface area contributed by atoms with Crippen LogP contribution in [0.4, 0.5) is 4.79 Å². The van der Waals surface area contributed by atoms with Gasteiger partial charge < -0.3 is 10.2 Å². The first-order chi connectivity index (χ1) is 7.65. The highest BCUT2D eigenvalue weighted by atomic mass is 16.2. The van der Waals surface area contributed by atoms with E-state index in [2.05, 4.69) is 36.5 Å². The smallest absolute Gasteiger partial charge is 0.317 e. The molecule has 3 heteroatoms. The normalized spacial score (nSPS) is 14.6. The van der Waals surface area contributed by atoms with Gasteiger partial charge in [-0.15, -0.1) is 0 Å². The summed E-state index contributed by atoms with van der Waals surface area (Å²) in [7, 11) is 1.83. The van der Waals surface area contributed by atoms with Crippen molar-refractivity contribution in [3.8, 4) is 0 Å². The number of amides is 2. The summed E-state index contributed by atoms with van der Waals surface area (Å²) in [6, 6.07) is 8.73. The highest BCUT2D eigenvalue weighted by Gasteiger charge is 2.24. The summed E-state index contributed by atoms with van der Waals surface area (Å²) in [6.07, 6.45) is 2.26. The largest absolute Gasteiger partial charge is 0.335 e. The van der Waals surface area contributed by atoms with E-state index in [0.29, 0.717) is 12.6 Å². The number of nitrogens with zero attached hydrogens (tertiary/aromatic N) is 1. The lowest BCUT2D eigenvalue weighted by Crippen LogP contribution is -2.37. The van der Waals surface area contributed by atoms with Gasteiger partial charge >= 0.3 is 6.03 Å². The molecule has 0 aromatic heterocycles. The van der Waals surface area contributed by atoms with E-state index in [-0.39, 0.29) is 6.03 Å². The molecule has 2 rings (SSSR count). The number of aryl methyl sites for hydroxylation is 1. The number of carbonyl (C=O) groups is 1. The Balaban J connectivity index is 1.87. The van der Waals surface area contributed by atoms with E-state index in [1.807, 2.05) is 7.05 Å². The van der Waals surface area contributed by atoms with Crippen molar-refractivity contribution in [2.24, 2.45) is 0 Å². The Morgan fingerprint density at radius 3 is 2.56 bits per heavy atom. The minimum atomic E-state index is 0.0306. The minimum Gasteiger partial charge on any atom is -0.335 e. The maximum Gasteiger partial charge on any atom is 0.317 e. The third-order valence-electron chi connectivity index (χ3n) is 2.79. The van der Waals surface area contributed by atoms with Gasteiger partial charge in [0.15, 0.2) is 0 Å². The second kappa shape index (κ2) is 4.56. The van der Waals surface area contributed by atoms with Crippen molar-refractivity contribution in [3.05, 3.63) is 35.4 Å². The zero-order chi connectivity index (χ0) is 11.5. The van der Waals surface area contributed by atoms with Crippen LogP contribution in [-0.4, -0.2) is 24.0 Å². The van der Waals surface area contributed by atoms with Crippen LogP contribution in [0.5, 0.6) is 0 Å². The van der Waals surface area contributed by atoms with Gasteiger partial charge in [-0.3, -0.25) is 0 Å². The Bertz CT molecular complexity index is 368. The van der Waals surface area contributed by atoms with Crippen LogP contribution >= 0.6 is 0 Å². The molecule has 3 nitrogen and oxygen atoms in total. The van der Waals surface area contributed by atoms with Crippen molar-refractivity contribution in [3.63, 3.8) is 0 Å². The monoisotopic (exact) mass is 218 g/mol. The zero-order valence-electron chi connectivity index (χ0n) is 9.86. The number of urea groups is 1. The molecule has 1 aromatic rings. The Labute approximate surface area is 96.5 Å². The lowest BCUT2D eigenvalue weighted by Gasteiger charge is -2.17. The standard InChI is InChI=1S/C13H18N2O/c1-10-3-5-11(6-4-10)9-15(2)13(16)14-12-7-8-12/h3-6,12H,7-9H2,1-2H3,(H,14,16). The minimum absolute atomic E-state index is 0.0306. The van der Waals surface area contributed by atoms with E-state index in [1.54, 1.807) is 4.90 Å². The second-order valence-electron chi connectivity index (χ2n) is 4.57. The molecule has 1 saturated carbocycles. The Morgan fingerprint density at radius 1 is 1.38 bits per heavy atom. The number of carbonyl (C=O) groups excluding carboxylic acids is 1. The van der Waals surface area contributed by atoms with E-state index >= 15 is 0 Å². The summed E-state index contributed by atoms with van der Waals surface area (Å²) in [5.41, 5.74) is 2.41. The summed E-state index contributed by atoms with van der Waals surface area (Å²) >= 11 is 0. The van der Waals surface area contributed by atoms with Crippen LogP contribution in [0.25, 0.3) is 0 Å². The molecule has 1 aliphatic carbocycles. The molecule has 1 aromatic carbocycles. The van der Waals surface area contributed by atoms with Gasteiger partial charge in [-0.25, -0.2) is 4.79 Å². The highest BCUT2D eigenvalue weighted by Crippen LogP contribution is 2.19. The number of hydrogen-bond acceptors (Lipinski definition) is 1. The molecule has 2 amide bonds. The molecule has 0 atom stereocenters. The quantitative estimate of drug-likeness (QED) is 0.829. The van der Waals surface area contributed by atoms with E-state index in [4.69, 9.17) is 0 Å². The average Bonchev–Trinajstić information content (AvgIpc) is 3.05. The summed E-state index contributed by atoms with van der Waals surface area (Å²) in [6.45, 7) is 2.73. The molecule has 1 N–H and O–H groups in total. The van der Waals surface area contributed by atoms with Gasteiger partial charge in [-0.05, 0) is 25.3 Å². The number of benzene rings is 1. The molecular weight excluding hydrogens is 200 g/mol. The molecule has 86 valence electrons.